The first-order valence-corrected chi connectivity index (χ1v) is 10.1. The van der Waals surface area contributed by atoms with Crippen LogP contribution >= 0.6 is 0 Å². The van der Waals surface area contributed by atoms with Crippen LogP contribution in [0, 0.1) is 0 Å². The molecular formula is C22H40BaO. The van der Waals surface area contributed by atoms with Crippen molar-refractivity contribution in [1.82, 2.24) is 0 Å². The summed E-state index contributed by atoms with van der Waals surface area (Å²) in [5.41, 5.74) is 2.60. The van der Waals surface area contributed by atoms with Crippen molar-refractivity contribution in [1.29, 1.82) is 0 Å². The number of aryl methyl sites for hydroxylation is 1. The van der Waals surface area contributed by atoms with Gasteiger partial charge in [-0.2, -0.15) is 0 Å². The second-order valence-corrected chi connectivity index (χ2v) is 6.95. The Morgan fingerprint density at radius 3 is 1.79 bits per heavy atom. The molecule has 0 atom stereocenters. The molecule has 0 radical (unpaired) electrons. The molecule has 136 valence electrons. The number of aromatic hydroxyl groups is 1. The fraction of sp³-hybridized carbons (Fsp3) is 0.727. The number of unbranched alkanes of at least 4 members (excludes halogenated alkanes) is 10. The molecule has 24 heavy (non-hydrogen) atoms. The van der Waals surface area contributed by atoms with Crippen LogP contribution in [0.25, 0.3) is 0 Å². The van der Waals surface area contributed by atoms with E-state index in [2.05, 4.69) is 19.9 Å². The fourth-order valence-corrected chi connectivity index (χ4v) is 3.32. The van der Waals surface area contributed by atoms with Crippen LogP contribution in [0.2, 0.25) is 0 Å². The van der Waals surface area contributed by atoms with E-state index < -0.39 is 0 Å². The SMILES string of the molecule is CCCCCCCCc1cccc(O)c1CCCCCCCC.[Ba+2].[H-].[H-]. The van der Waals surface area contributed by atoms with Crippen LogP contribution in [-0.4, -0.2) is 54.0 Å². The summed E-state index contributed by atoms with van der Waals surface area (Å²) >= 11 is 0. The van der Waals surface area contributed by atoms with E-state index in [1.165, 1.54) is 88.2 Å². The standard InChI is InChI=1S/C22H38O.Ba.2H/c1-3-5-7-9-11-13-16-20-17-15-19-22(23)21(20)18-14-12-10-8-6-4-2;;;/h15,17,19,23H,3-14,16,18H2,1-2H3;;;/q;+2;2*-1. The summed E-state index contributed by atoms with van der Waals surface area (Å²) in [5.74, 6) is 0.516. The summed E-state index contributed by atoms with van der Waals surface area (Å²) in [6.07, 6.45) is 18.1. The Morgan fingerprint density at radius 2 is 1.21 bits per heavy atom. The number of rotatable bonds is 14. The molecule has 1 aromatic carbocycles. The summed E-state index contributed by atoms with van der Waals surface area (Å²) < 4.78 is 0. The van der Waals surface area contributed by atoms with Gasteiger partial charge >= 0.3 is 48.9 Å². The molecule has 0 heterocycles. The molecule has 1 rings (SSSR count). The van der Waals surface area contributed by atoms with Crippen LogP contribution < -0.4 is 0 Å². The third-order valence-corrected chi connectivity index (χ3v) is 4.83. The van der Waals surface area contributed by atoms with Crippen LogP contribution in [0.15, 0.2) is 18.2 Å². The minimum Gasteiger partial charge on any atom is -1.00 e. The van der Waals surface area contributed by atoms with Crippen molar-refractivity contribution in [3.8, 4) is 5.75 Å². The van der Waals surface area contributed by atoms with Crippen molar-refractivity contribution >= 4 is 48.9 Å². The molecule has 0 fully saturated rings. The third-order valence-electron chi connectivity index (χ3n) is 4.83. The molecule has 1 aromatic rings. The summed E-state index contributed by atoms with van der Waals surface area (Å²) in [5, 5.41) is 10.2. The van der Waals surface area contributed by atoms with E-state index in [0.717, 1.165) is 12.8 Å². The minimum atomic E-state index is 0. The van der Waals surface area contributed by atoms with E-state index in [-0.39, 0.29) is 51.7 Å². The number of hydrogen-bond donors (Lipinski definition) is 1. The summed E-state index contributed by atoms with van der Waals surface area (Å²) in [6.45, 7) is 4.53. The largest absolute Gasteiger partial charge is 2.00 e. The average Bonchev–Trinajstić information content (AvgIpc) is 2.56. The van der Waals surface area contributed by atoms with Crippen molar-refractivity contribution in [2.45, 2.75) is 104 Å². The van der Waals surface area contributed by atoms with E-state index >= 15 is 0 Å². The van der Waals surface area contributed by atoms with Crippen molar-refractivity contribution in [2.75, 3.05) is 0 Å². The topological polar surface area (TPSA) is 20.2 Å². The first kappa shape index (κ1) is 24.6. The Bertz CT molecular complexity index is 413. The first-order valence-electron chi connectivity index (χ1n) is 10.1. The van der Waals surface area contributed by atoms with E-state index in [4.69, 9.17) is 0 Å². The Morgan fingerprint density at radius 1 is 0.708 bits per heavy atom. The molecule has 0 amide bonds. The van der Waals surface area contributed by atoms with Crippen LogP contribution in [0.4, 0.5) is 0 Å². The van der Waals surface area contributed by atoms with Crippen molar-refractivity contribution < 1.29 is 7.96 Å². The molecule has 0 aliphatic rings. The zero-order valence-electron chi connectivity index (χ0n) is 18.3. The molecular weight excluding hydrogens is 418 g/mol. The molecule has 0 saturated carbocycles. The molecule has 0 unspecified atom stereocenters. The summed E-state index contributed by atoms with van der Waals surface area (Å²) in [6, 6.07) is 6.09. The second kappa shape index (κ2) is 17.0. The van der Waals surface area contributed by atoms with Gasteiger partial charge in [0.15, 0.2) is 0 Å². The van der Waals surface area contributed by atoms with Crippen molar-refractivity contribution in [2.24, 2.45) is 0 Å². The Kier molecular flexibility index (Phi) is 17.4. The van der Waals surface area contributed by atoms with Gasteiger partial charge in [-0.3, -0.25) is 0 Å². The molecule has 0 saturated heterocycles. The molecule has 0 aliphatic carbocycles. The van der Waals surface area contributed by atoms with Crippen LogP contribution in [-0.2, 0) is 12.8 Å². The summed E-state index contributed by atoms with van der Waals surface area (Å²) in [4.78, 5) is 0. The quantitative estimate of drug-likeness (QED) is 0.234. The second-order valence-electron chi connectivity index (χ2n) is 6.95. The van der Waals surface area contributed by atoms with Crippen LogP contribution in [0.5, 0.6) is 5.75 Å². The van der Waals surface area contributed by atoms with Gasteiger partial charge in [-0.05, 0) is 42.9 Å². The average molecular weight is 458 g/mol. The van der Waals surface area contributed by atoms with Gasteiger partial charge in [0, 0.05) is 0 Å². The van der Waals surface area contributed by atoms with Crippen LogP contribution in [0.1, 0.15) is 105 Å². The van der Waals surface area contributed by atoms with Crippen molar-refractivity contribution in [3.63, 3.8) is 0 Å². The van der Waals surface area contributed by atoms with Gasteiger partial charge < -0.3 is 7.96 Å². The number of phenolic OH excluding ortho intramolecular Hbond substituents is 1. The maximum Gasteiger partial charge on any atom is 2.00 e. The van der Waals surface area contributed by atoms with Crippen LogP contribution in [0.3, 0.4) is 0 Å². The Balaban J connectivity index is -0.00000176. The predicted molar refractivity (Wildman–Crippen MR) is 110 cm³/mol. The predicted octanol–water partition coefficient (Wildman–Crippen LogP) is 7.04. The van der Waals surface area contributed by atoms with Crippen molar-refractivity contribution in [3.05, 3.63) is 29.3 Å². The van der Waals surface area contributed by atoms with E-state index in [1.807, 2.05) is 12.1 Å². The number of benzene rings is 1. The van der Waals surface area contributed by atoms with Gasteiger partial charge in [0.05, 0.1) is 0 Å². The molecule has 2 heteroatoms. The first-order chi connectivity index (χ1) is 11.3. The molecule has 1 nitrogen and oxygen atoms in total. The number of phenols is 1. The molecule has 0 aliphatic heterocycles. The van der Waals surface area contributed by atoms with Gasteiger partial charge in [0.25, 0.3) is 0 Å². The number of hydrogen-bond acceptors (Lipinski definition) is 1. The molecule has 0 bridgehead atoms. The van der Waals surface area contributed by atoms with Gasteiger partial charge in [-0.15, -0.1) is 0 Å². The molecule has 0 spiro atoms. The third kappa shape index (κ3) is 11.3. The normalized spacial score (nSPS) is 10.6. The monoisotopic (exact) mass is 458 g/mol. The Labute approximate surface area is 194 Å². The van der Waals surface area contributed by atoms with Gasteiger partial charge in [-0.25, -0.2) is 0 Å². The van der Waals surface area contributed by atoms with E-state index in [0.29, 0.717) is 5.75 Å². The summed E-state index contributed by atoms with van der Waals surface area (Å²) in [7, 11) is 0. The van der Waals surface area contributed by atoms with Gasteiger partial charge in [0.2, 0.25) is 0 Å². The molecule has 1 N–H and O–H groups in total. The smallest absolute Gasteiger partial charge is 1.00 e. The maximum atomic E-state index is 10.2. The maximum absolute atomic E-state index is 10.2. The van der Waals surface area contributed by atoms with Gasteiger partial charge in [0.1, 0.15) is 5.75 Å². The fourth-order valence-electron chi connectivity index (χ4n) is 3.32. The zero-order valence-corrected chi connectivity index (χ0v) is 20.7. The molecule has 0 aromatic heterocycles. The minimum absolute atomic E-state index is 0. The van der Waals surface area contributed by atoms with E-state index in [1.54, 1.807) is 0 Å². The Hall–Kier alpha value is 0.591. The van der Waals surface area contributed by atoms with E-state index in [9.17, 15) is 5.11 Å². The zero-order chi connectivity index (χ0) is 16.8. The van der Waals surface area contributed by atoms with Gasteiger partial charge in [-0.1, -0.05) is 90.2 Å².